The summed E-state index contributed by atoms with van der Waals surface area (Å²) in [4.78, 5) is 18.5. The van der Waals surface area contributed by atoms with Gasteiger partial charge in [-0.15, -0.1) is 0 Å². The maximum atomic E-state index is 11.5. The normalized spacial score (nSPS) is 13.5. The summed E-state index contributed by atoms with van der Waals surface area (Å²) in [6.07, 6.45) is 0.796. The van der Waals surface area contributed by atoms with E-state index in [1.165, 1.54) is 11.8 Å². The van der Waals surface area contributed by atoms with Crippen molar-refractivity contribution in [3.05, 3.63) is 35.0 Å². The van der Waals surface area contributed by atoms with E-state index >= 15 is 0 Å². The minimum absolute atomic E-state index is 0.0497. The molecular weight excluding hydrogens is 374 g/mol. The van der Waals surface area contributed by atoms with E-state index in [2.05, 4.69) is 18.0 Å². The monoisotopic (exact) mass is 397 g/mol. The Hall–Kier alpha value is -2.56. The lowest BCUT2D eigenvalue weighted by atomic mass is 9.91. The molecule has 0 radical (unpaired) electrons. The predicted molar refractivity (Wildman–Crippen MR) is 109 cm³/mol. The number of nitriles is 1. The highest BCUT2D eigenvalue weighted by molar-refractivity contribution is 8.00. The van der Waals surface area contributed by atoms with Crippen LogP contribution in [0.1, 0.15) is 23.7 Å². The second-order valence-corrected chi connectivity index (χ2v) is 7.69. The molecule has 0 saturated carbocycles. The number of aromatic nitrogens is 1. The topological polar surface area (TPSA) is 75.5 Å². The number of nitrogens with zero attached hydrogens (tertiary/aromatic N) is 3. The Morgan fingerprint density at radius 3 is 2.79 bits per heavy atom. The molecule has 0 amide bonds. The first-order chi connectivity index (χ1) is 13.5. The van der Waals surface area contributed by atoms with Crippen molar-refractivity contribution in [1.82, 2.24) is 9.88 Å². The summed E-state index contributed by atoms with van der Waals surface area (Å²) < 4.78 is 11.1. The third-order valence-corrected chi connectivity index (χ3v) is 5.82. The Morgan fingerprint density at radius 1 is 1.36 bits per heavy atom. The highest BCUT2D eigenvalue weighted by atomic mass is 32.2. The van der Waals surface area contributed by atoms with Gasteiger partial charge in [0.25, 0.3) is 0 Å². The SMILES string of the molecule is COc1cccc(-c2c(C#N)c(SCC(C)=O)nc3c2CN(C)CC3)c1OC. The average Bonchev–Trinajstić information content (AvgIpc) is 2.70. The van der Waals surface area contributed by atoms with Crippen molar-refractivity contribution in [3.63, 3.8) is 0 Å². The lowest BCUT2D eigenvalue weighted by Gasteiger charge is -2.28. The zero-order chi connectivity index (χ0) is 20.3. The number of carbonyl (C=O) groups excluding carboxylic acids is 1. The Kier molecular flexibility index (Phi) is 6.22. The highest BCUT2D eigenvalue weighted by Gasteiger charge is 2.27. The van der Waals surface area contributed by atoms with E-state index in [4.69, 9.17) is 14.5 Å². The van der Waals surface area contributed by atoms with Gasteiger partial charge in [-0.2, -0.15) is 5.26 Å². The first-order valence-electron chi connectivity index (χ1n) is 8.98. The number of methoxy groups -OCH3 is 2. The van der Waals surface area contributed by atoms with Gasteiger partial charge in [-0.25, -0.2) is 4.98 Å². The number of likely N-dealkylation sites (N-methyl/N-ethyl adjacent to an activating group) is 1. The van der Waals surface area contributed by atoms with Crippen LogP contribution in [0, 0.1) is 11.3 Å². The molecule has 0 fully saturated rings. The molecule has 1 aliphatic rings. The van der Waals surface area contributed by atoms with Crippen molar-refractivity contribution >= 4 is 17.5 Å². The Bertz CT molecular complexity index is 953. The molecule has 0 bridgehead atoms. The molecule has 3 rings (SSSR count). The van der Waals surface area contributed by atoms with Gasteiger partial charge >= 0.3 is 0 Å². The largest absolute Gasteiger partial charge is 0.493 e. The number of thioether (sulfide) groups is 1. The van der Waals surface area contributed by atoms with Gasteiger partial charge in [0, 0.05) is 36.3 Å². The summed E-state index contributed by atoms with van der Waals surface area (Å²) in [7, 11) is 5.25. The van der Waals surface area contributed by atoms with Crippen LogP contribution in [0.3, 0.4) is 0 Å². The van der Waals surface area contributed by atoms with Gasteiger partial charge in [0.05, 0.1) is 25.5 Å². The maximum Gasteiger partial charge on any atom is 0.168 e. The summed E-state index contributed by atoms with van der Waals surface area (Å²) in [5, 5.41) is 10.6. The first kappa shape index (κ1) is 20.2. The summed E-state index contributed by atoms with van der Waals surface area (Å²) in [6, 6.07) is 7.99. The molecule has 2 aromatic rings. The van der Waals surface area contributed by atoms with Crippen LogP contribution in [0.5, 0.6) is 11.5 Å². The first-order valence-corrected chi connectivity index (χ1v) is 9.96. The minimum atomic E-state index is 0.0497. The number of carbonyl (C=O) groups is 1. The van der Waals surface area contributed by atoms with Gasteiger partial charge in [0.15, 0.2) is 11.5 Å². The lowest BCUT2D eigenvalue weighted by molar-refractivity contribution is -0.114. The fraction of sp³-hybridized carbons (Fsp3) is 0.381. The fourth-order valence-corrected chi connectivity index (χ4v) is 4.24. The minimum Gasteiger partial charge on any atom is -0.493 e. The molecule has 6 nitrogen and oxygen atoms in total. The maximum absolute atomic E-state index is 11.5. The molecule has 0 N–H and O–H groups in total. The molecule has 0 saturated heterocycles. The van der Waals surface area contributed by atoms with Crippen molar-refractivity contribution in [2.75, 3.05) is 33.6 Å². The number of para-hydroxylation sites is 1. The third-order valence-electron chi connectivity index (χ3n) is 4.71. The molecule has 0 atom stereocenters. The van der Waals surface area contributed by atoms with Crippen LogP contribution in [-0.4, -0.2) is 49.2 Å². The van der Waals surface area contributed by atoms with E-state index in [-0.39, 0.29) is 11.5 Å². The van der Waals surface area contributed by atoms with Crippen LogP contribution in [0.4, 0.5) is 0 Å². The van der Waals surface area contributed by atoms with Crippen LogP contribution >= 0.6 is 11.8 Å². The smallest absolute Gasteiger partial charge is 0.168 e. The van der Waals surface area contributed by atoms with Crippen molar-refractivity contribution in [3.8, 4) is 28.7 Å². The molecular formula is C21H23N3O3S. The molecule has 0 spiro atoms. The molecule has 146 valence electrons. The van der Waals surface area contributed by atoms with E-state index in [1.54, 1.807) is 21.1 Å². The lowest BCUT2D eigenvalue weighted by Crippen LogP contribution is -2.28. The van der Waals surface area contributed by atoms with Gasteiger partial charge in [0.1, 0.15) is 16.9 Å². The standard InChI is InChI=1S/C21H23N3O3S/c1-13(25)12-28-21-15(10-22)19(16-11-24(2)9-8-17(16)23-21)14-6-5-7-18(26-3)20(14)27-4/h5-7H,8-9,11-12H2,1-4H3. The second-order valence-electron chi connectivity index (χ2n) is 6.72. The predicted octanol–water partition coefficient (Wildman–Crippen LogP) is 3.31. The van der Waals surface area contributed by atoms with Gasteiger partial charge in [-0.1, -0.05) is 23.9 Å². The quantitative estimate of drug-likeness (QED) is 0.692. The number of ether oxygens (including phenoxy) is 2. The van der Waals surface area contributed by atoms with E-state index in [0.717, 1.165) is 35.3 Å². The molecule has 1 aromatic carbocycles. The van der Waals surface area contributed by atoms with Crippen LogP contribution in [0.25, 0.3) is 11.1 Å². The highest BCUT2D eigenvalue weighted by Crippen LogP contribution is 2.44. The van der Waals surface area contributed by atoms with Crippen molar-refractivity contribution in [1.29, 1.82) is 5.26 Å². The Morgan fingerprint density at radius 2 is 2.14 bits per heavy atom. The number of pyridine rings is 1. The van der Waals surface area contributed by atoms with Gasteiger partial charge in [0.2, 0.25) is 0 Å². The van der Waals surface area contributed by atoms with Crippen molar-refractivity contribution in [2.24, 2.45) is 0 Å². The summed E-state index contributed by atoms with van der Waals surface area (Å²) in [5.74, 6) is 1.53. The molecule has 7 heteroatoms. The number of ketones is 1. The zero-order valence-electron chi connectivity index (χ0n) is 16.5. The zero-order valence-corrected chi connectivity index (χ0v) is 17.4. The number of Topliss-reactive ketones (excluding diaryl/α,β-unsaturated/α-hetero) is 1. The van der Waals surface area contributed by atoms with Gasteiger partial charge in [-0.3, -0.25) is 4.79 Å². The van der Waals surface area contributed by atoms with E-state index < -0.39 is 0 Å². The number of hydrogen-bond acceptors (Lipinski definition) is 7. The number of hydrogen-bond donors (Lipinski definition) is 0. The van der Waals surface area contributed by atoms with Gasteiger partial charge < -0.3 is 14.4 Å². The van der Waals surface area contributed by atoms with E-state index in [1.807, 2.05) is 18.2 Å². The molecule has 0 unspecified atom stereocenters. The molecule has 0 aliphatic carbocycles. The van der Waals surface area contributed by atoms with Crippen LogP contribution in [-0.2, 0) is 17.8 Å². The Labute approximate surface area is 169 Å². The van der Waals surface area contributed by atoms with E-state index in [9.17, 15) is 10.1 Å². The fourth-order valence-electron chi connectivity index (χ4n) is 3.43. The molecule has 28 heavy (non-hydrogen) atoms. The van der Waals surface area contributed by atoms with Crippen molar-refractivity contribution < 1.29 is 14.3 Å². The molecule has 1 aliphatic heterocycles. The summed E-state index contributed by atoms with van der Waals surface area (Å²) in [6.45, 7) is 3.14. The number of benzene rings is 1. The van der Waals surface area contributed by atoms with Crippen LogP contribution in [0.15, 0.2) is 23.2 Å². The Balaban J connectivity index is 2.31. The second kappa shape index (κ2) is 8.63. The van der Waals surface area contributed by atoms with Crippen molar-refractivity contribution in [2.45, 2.75) is 24.9 Å². The van der Waals surface area contributed by atoms with Crippen LogP contribution < -0.4 is 9.47 Å². The van der Waals surface area contributed by atoms with Gasteiger partial charge in [-0.05, 0) is 25.6 Å². The van der Waals surface area contributed by atoms with E-state index in [0.29, 0.717) is 28.6 Å². The van der Waals surface area contributed by atoms with Crippen LogP contribution in [0.2, 0.25) is 0 Å². The average molecular weight is 398 g/mol. The molecule has 2 heterocycles. The summed E-state index contributed by atoms with van der Waals surface area (Å²) in [5.41, 5.74) is 4.11. The molecule has 1 aromatic heterocycles. The summed E-state index contributed by atoms with van der Waals surface area (Å²) >= 11 is 1.32. The number of fused-ring (bicyclic) bond motifs is 1. The third kappa shape index (κ3) is 3.84. The number of rotatable bonds is 6.